The van der Waals surface area contributed by atoms with E-state index in [0.717, 1.165) is 22.4 Å². The Kier molecular flexibility index (Phi) is 3.72. The van der Waals surface area contributed by atoms with Crippen LogP contribution in [-0.4, -0.2) is 15.2 Å². The van der Waals surface area contributed by atoms with Crippen molar-refractivity contribution in [1.82, 2.24) is 15.2 Å². The molecule has 2 aromatic heterocycles. The maximum Gasteiger partial charge on any atom is 0.247 e. The predicted molar refractivity (Wildman–Crippen MR) is 95.3 cm³/mol. The van der Waals surface area contributed by atoms with Crippen LogP contribution < -0.4 is 5.32 Å². The van der Waals surface area contributed by atoms with Crippen LogP contribution in [0.3, 0.4) is 0 Å². The third-order valence-electron chi connectivity index (χ3n) is 3.99. The Hall–Kier alpha value is -3.15. The van der Waals surface area contributed by atoms with Crippen molar-refractivity contribution >= 4 is 16.8 Å². The van der Waals surface area contributed by atoms with Crippen molar-refractivity contribution in [2.24, 2.45) is 0 Å². The van der Waals surface area contributed by atoms with Crippen LogP contribution in [0.15, 0.2) is 51.3 Å². The van der Waals surface area contributed by atoms with Gasteiger partial charge < -0.3 is 14.2 Å². The normalized spacial score (nSPS) is 12.4. The number of nitrogens with zero attached hydrogens (tertiary/aromatic N) is 3. The van der Waals surface area contributed by atoms with Crippen molar-refractivity contribution in [3.63, 3.8) is 0 Å². The highest BCUT2D eigenvalue weighted by atomic mass is 16.4. The standard InChI is InChI=1S/C19H18N4O2/c1-11-4-6-14(7-5-11)19-23-22-18(25-19)12(2)20-15-8-9-17-16(10-15)21-13(3)24-17/h4-10,12,20H,1-3H3/t12-/m0/s1. The third-order valence-corrected chi connectivity index (χ3v) is 3.99. The molecule has 0 spiro atoms. The second-order valence-corrected chi connectivity index (χ2v) is 6.09. The van der Waals surface area contributed by atoms with Gasteiger partial charge in [-0.05, 0) is 44.2 Å². The molecule has 0 bridgehead atoms. The largest absolute Gasteiger partial charge is 0.441 e. The Morgan fingerprint density at radius 3 is 2.56 bits per heavy atom. The number of hydrogen-bond acceptors (Lipinski definition) is 6. The van der Waals surface area contributed by atoms with E-state index in [2.05, 4.69) is 20.5 Å². The van der Waals surface area contributed by atoms with Crippen molar-refractivity contribution < 1.29 is 8.83 Å². The molecule has 2 heterocycles. The van der Waals surface area contributed by atoms with E-state index in [1.165, 1.54) is 5.56 Å². The Balaban J connectivity index is 1.54. The third kappa shape index (κ3) is 3.10. The highest BCUT2D eigenvalue weighted by molar-refractivity contribution is 5.77. The lowest BCUT2D eigenvalue weighted by Crippen LogP contribution is -2.06. The fraction of sp³-hybridized carbons (Fsp3) is 0.211. The van der Waals surface area contributed by atoms with Gasteiger partial charge in [0.2, 0.25) is 11.8 Å². The molecular formula is C19H18N4O2. The Labute approximate surface area is 144 Å². The van der Waals surface area contributed by atoms with Crippen molar-refractivity contribution in [2.45, 2.75) is 26.8 Å². The van der Waals surface area contributed by atoms with E-state index in [1.807, 2.05) is 63.2 Å². The summed E-state index contributed by atoms with van der Waals surface area (Å²) in [5, 5.41) is 11.7. The van der Waals surface area contributed by atoms with Gasteiger partial charge in [0.1, 0.15) is 11.6 Å². The summed E-state index contributed by atoms with van der Waals surface area (Å²) < 4.78 is 11.3. The van der Waals surface area contributed by atoms with Gasteiger partial charge in [-0.15, -0.1) is 10.2 Å². The fourth-order valence-corrected chi connectivity index (χ4v) is 2.67. The summed E-state index contributed by atoms with van der Waals surface area (Å²) in [5.41, 5.74) is 4.62. The molecule has 6 nitrogen and oxygen atoms in total. The first kappa shape index (κ1) is 15.4. The van der Waals surface area contributed by atoms with E-state index < -0.39 is 0 Å². The number of fused-ring (bicyclic) bond motifs is 1. The first-order valence-electron chi connectivity index (χ1n) is 8.13. The minimum Gasteiger partial charge on any atom is -0.441 e. The molecular weight excluding hydrogens is 316 g/mol. The highest BCUT2D eigenvalue weighted by Gasteiger charge is 2.15. The average molecular weight is 334 g/mol. The summed E-state index contributed by atoms with van der Waals surface area (Å²) in [6.07, 6.45) is 0. The maximum atomic E-state index is 5.82. The van der Waals surface area contributed by atoms with Crippen LogP contribution >= 0.6 is 0 Å². The minimum absolute atomic E-state index is 0.128. The van der Waals surface area contributed by atoms with E-state index in [0.29, 0.717) is 17.7 Å². The summed E-state index contributed by atoms with van der Waals surface area (Å²) in [4.78, 5) is 4.35. The number of benzene rings is 2. The number of nitrogens with one attached hydrogen (secondary N) is 1. The van der Waals surface area contributed by atoms with Crippen LogP contribution in [0.2, 0.25) is 0 Å². The van der Waals surface area contributed by atoms with Gasteiger partial charge in [-0.25, -0.2) is 4.98 Å². The quantitative estimate of drug-likeness (QED) is 0.584. The minimum atomic E-state index is -0.128. The van der Waals surface area contributed by atoms with Crippen molar-refractivity contribution in [2.75, 3.05) is 5.32 Å². The fourth-order valence-electron chi connectivity index (χ4n) is 2.67. The number of anilines is 1. The number of hydrogen-bond donors (Lipinski definition) is 1. The molecule has 0 saturated carbocycles. The monoisotopic (exact) mass is 334 g/mol. The second-order valence-electron chi connectivity index (χ2n) is 6.09. The maximum absolute atomic E-state index is 5.82. The van der Waals surface area contributed by atoms with Crippen molar-refractivity contribution in [3.8, 4) is 11.5 Å². The number of oxazole rings is 1. The molecule has 0 saturated heterocycles. The second kappa shape index (κ2) is 6.05. The summed E-state index contributed by atoms with van der Waals surface area (Å²) in [6, 6.07) is 13.7. The SMILES string of the molecule is Cc1ccc(-c2nnc([C@H](C)Nc3ccc4oc(C)nc4c3)o2)cc1. The number of aromatic nitrogens is 3. The molecule has 25 heavy (non-hydrogen) atoms. The Morgan fingerprint density at radius 2 is 1.76 bits per heavy atom. The van der Waals surface area contributed by atoms with Gasteiger partial charge in [-0.1, -0.05) is 17.7 Å². The van der Waals surface area contributed by atoms with Gasteiger partial charge in [0, 0.05) is 18.2 Å². The molecule has 0 radical (unpaired) electrons. The lowest BCUT2D eigenvalue weighted by atomic mass is 10.1. The lowest BCUT2D eigenvalue weighted by molar-refractivity contribution is 0.485. The molecule has 0 aliphatic rings. The summed E-state index contributed by atoms with van der Waals surface area (Å²) in [7, 11) is 0. The first-order chi connectivity index (χ1) is 12.1. The zero-order chi connectivity index (χ0) is 17.4. The number of rotatable bonds is 4. The molecule has 126 valence electrons. The lowest BCUT2D eigenvalue weighted by Gasteiger charge is -2.10. The van der Waals surface area contributed by atoms with Crippen LogP contribution in [0.4, 0.5) is 5.69 Å². The molecule has 0 aliphatic carbocycles. The number of aryl methyl sites for hydroxylation is 2. The van der Waals surface area contributed by atoms with Crippen molar-refractivity contribution in [3.05, 3.63) is 59.8 Å². The van der Waals surface area contributed by atoms with Gasteiger partial charge in [0.25, 0.3) is 0 Å². The van der Waals surface area contributed by atoms with Crippen LogP contribution in [-0.2, 0) is 0 Å². The molecule has 4 aromatic rings. The molecule has 0 fully saturated rings. The topological polar surface area (TPSA) is 77.0 Å². The molecule has 0 amide bonds. The Morgan fingerprint density at radius 1 is 0.960 bits per heavy atom. The van der Waals surface area contributed by atoms with Gasteiger partial charge in [-0.3, -0.25) is 0 Å². The Bertz CT molecular complexity index is 1020. The van der Waals surface area contributed by atoms with E-state index in [1.54, 1.807) is 0 Å². The predicted octanol–water partition coefficient (Wildman–Crippen LogP) is 4.67. The molecule has 1 atom stereocenters. The molecule has 4 rings (SSSR count). The van der Waals surface area contributed by atoms with E-state index >= 15 is 0 Å². The van der Waals surface area contributed by atoms with Gasteiger partial charge >= 0.3 is 0 Å². The van der Waals surface area contributed by atoms with Gasteiger partial charge in [-0.2, -0.15) is 0 Å². The highest BCUT2D eigenvalue weighted by Crippen LogP contribution is 2.25. The van der Waals surface area contributed by atoms with Crippen LogP contribution in [0.1, 0.15) is 30.3 Å². The smallest absolute Gasteiger partial charge is 0.247 e. The van der Waals surface area contributed by atoms with E-state index in [9.17, 15) is 0 Å². The molecule has 0 aliphatic heterocycles. The van der Waals surface area contributed by atoms with Crippen LogP contribution in [0.5, 0.6) is 0 Å². The molecule has 6 heteroatoms. The zero-order valence-electron chi connectivity index (χ0n) is 14.3. The summed E-state index contributed by atoms with van der Waals surface area (Å²) >= 11 is 0. The van der Waals surface area contributed by atoms with E-state index in [4.69, 9.17) is 8.83 Å². The summed E-state index contributed by atoms with van der Waals surface area (Å²) in [5.74, 6) is 1.71. The van der Waals surface area contributed by atoms with Gasteiger partial charge in [0.05, 0.1) is 0 Å². The first-order valence-corrected chi connectivity index (χ1v) is 8.13. The summed E-state index contributed by atoms with van der Waals surface area (Å²) in [6.45, 7) is 5.85. The molecule has 2 aromatic carbocycles. The van der Waals surface area contributed by atoms with Gasteiger partial charge in [0.15, 0.2) is 11.5 Å². The van der Waals surface area contributed by atoms with Crippen LogP contribution in [0, 0.1) is 13.8 Å². The van der Waals surface area contributed by atoms with Crippen molar-refractivity contribution in [1.29, 1.82) is 0 Å². The molecule has 0 unspecified atom stereocenters. The zero-order valence-corrected chi connectivity index (χ0v) is 14.3. The van der Waals surface area contributed by atoms with Crippen LogP contribution in [0.25, 0.3) is 22.6 Å². The average Bonchev–Trinajstić information content (AvgIpc) is 3.21. The molecule has 1 N–H and O–H groups in total. The van der Waals surface area contributed by atoms with E-state index in [-0.39, 0.29) is 6.04 Å².